The minimum Gasteiger partial charge on any atom is -0.444 e. The highest BCUT2D eigenvalue weighted by Gasteiger charge is 2.62. The van der Waals surface area contributed by atoms with Gasteiger partial charge in [-0.15, -0.1) is 0 Å². The van der Waals surface area contributed by atoms with Gasteiger partial charge in [0.15, 0.2) is 0 Å². The van der Waals surface area contributed by atoms with Gasteiger partial charge >= 0.3 is 6.09 Å². The van der Waals surface area contributed by atoms with Gasteiger partial charge in [-0.05, 0) is 76.8 Å². The van der Waals surface area contributed by atoms with Crippen LogP contribution in [0.25, 0.3) is 0 Å². The van der Waals surface area contributed by atoms with Crippen molar-refractivity contribution in [3.05, 3.63) is 67.7 Å². The van der Waals surface area contributed by atoms with Crippen LogP contribution in [-0.4, -0.2) is 89.6 Å². The van der Waals surface area contributed by atoms with Crippen molar-refractivity contribution in [1.29, 1.82) is 0 Å². The van der Waals surface area contributed by atoms with Crippen LogP contribution in [0.1, 0.15) is 95.6 Å². The van der Waals surface area contributed by atoms with Crippen molar-refractivity contribution >= 4 is 45.2 Å². The maximum absolute atomic E-state index is 14.8. The third-order valence-electron chi connectivity index (χ3n) is 12.7. The molecule has 57 heavy (non-hydrogen) atoms. The number of hydrogen-bond acceptors (Lipinski definition) is 11. The van der Waals surface area contributed by atoms with Gasteiger partial charge in [0.05, 0.1) is 18.3 Å². The first kappa shape index (κ1) is 39.0. The molecule has 0 aromatic heterocycles. The summed E-state index contributed by atoms with van der Waals surface area (Å²) in [5.74, 6) is -3.06. The number of nitrogens with one attached hydrogen (secondary N) is 3. The molecular weight excluding hydrogens is 760 g/mol. The SMILES string of the molecule is CC1CCC(C)N1c1c(N[C@H]2CCCCC/C=C\[C@@H]3C[C@@]3(C(=O)NS(=O)(=O)C3CC3)NC(=O)[C@@H]3C[C@@H](OC(=O)N4Cc5cccc(F)c5C4)CN3C2=O)c(=O)c1=O. The molecule has 2 aliphatic carbocycles. The zero-order valence-corrected chi connectivity index (χ0v) is 32.9. The predicted octanol–water partition coefficient (Wildman–Crippen LogP) is 2.70. The fraction of sp³-hybridized carbons (Fsp3) is 0.600. The summed E-state index contributed by atoms with van der Waals surface area (Å²) in [6, 6.07) is 2.35. The number of benzene rings is 1. The van der Waals surface area contributed by atoms with Crippen LogP contribution in [0, 0.1) is 11.7 Å². The summed E-state index contributed by atoms with van der Waals surface area (Å²) in [6.07, 6.45) is 7.51. The molecule has 2 saturated carbocycles. The number of anilines is 2. The second-order valence-electron chi connectivity index (χ2n) is 16.8. The Morgan fingerprint density at radius 3 is 2.44 bits per heavy atom. The van der Waals surface area contributed by atoms with Gasteiger partial charge in [0.1, 0.15) is 40.9 Å². The lowest BCUT2D eigenvalue weighted by atomic mass is 10.0. The number of allylic oxidation sites excluding steroid dienone is 1. The van der Waals surface area contributed by atoms with Gasteiger partial charge in [-0.2, -0.15) is 0 Å². The van der Waals surface area contributed by atoms with Gasteiger partial charge in [-0.1, -0.05) is 37.1 Å². The highest BCUT2D eigenvalue weighted by molar-refractivity contribution is 7.91. The minimum absolute atomic E-state index is 0.0116. The molecule has 2 aromatic rings. The van der Waals surface area contributed by atoms with Crippen molar-refractivity contribution in [3.8, 4) is 0 Å². The molecule has 4 fully saturated rings. The summed E-state index contributed by atoms with van der Waals surface area (Å²) in [6.45, 7) is 3.87. The number of ether oxygens (including phenoxy) is 1. The third-order valence-corrected chi connectivity index (χ3v) is 14.5. The van der Waals surface area contributed by atoms with Gasteiger partial charge < -0.3 is 25.2 Å². The molecule has 2 unspecified atom stereocenters. The van der Waals surface area contributed by atoms with E-state index in [1.165, 1.54) is 15.9 Å². The van der Waals surface area contributed by atoms with E-state index >= 15 is 0 Å². The highest BCUT2D eigenvalue weighted by Crippen LogP contribution is 2.46. The van der Waals surface area contributed by atoms with Crippen molar-refractivity contribution in [2.45, 2.75) is 139 Å². The normalized spacial score (nSPS) is 31.1. The molecule has 17 heteroatoms. The van der Waals surface area contributed by atoms with E-state index in [1.54, 1.807) is 12.1 Å². The maximum atomic E-state index is 14.8. The number of carbonyl (C=O) groups is 4. The van der Waals surface area contributed by atoms with Crippen molar-refractivity contribution in [1.82, 2.24) is 19.8 Å². The Kier molecular flexibility index (Phi) is 10.2. The summed E-state index contributed by atoms with van der Waals surface area (Å²) in [5, 5.41) is 5.27. The van der Waals surface area contributed by atoms with E-state index in [9.17, 15) is 41.6 Å². The van der Waals surface area contributed by atoms with E-state index in [0.29, 0.717) is 43.2 Å². The molecule has 4 heterocycles. The Labute approximate surface area is 330 Å². The van der Waals surface area contributed by atoms with E-state index in [2.05, 4.69) is 15.4 Å². The Morgan fingerprint density at radius 2 is 1.72 bits per heavy atom. The summed E-state index contributed by atoms with van der Waals surface area (Å²) < 4.78 is 48.3. The molecule has 2 saturated heterocycles. The largest absolute Gasteiger partial charge is 0.444 e. The Hall–Kier alpha value is -4.80. The number of rotatable bonds is 7. The number of fused-ring (bicyclic) bond motifs is 3. The van der Waals surface area contributed by atoms with Crippen LogP contribution in [0.2, 0.25) is 0 Å². The first-order chi connectivity index (χ1) is 27.2. The molecule has 2 aromatic carbocycles. The lowest BCUT2D eigenvalue weighted by Gasteiger charge is -2.34. The van der Waals surface area contributed by atoms with Gasteiger partial charge in [-0.3, -0.25) is 33.6 Å². The van der Waals surface area contributed by atoms with Crippen LogP contribution < -0.4 is 31.1 Å². The first-order valence-electron chi connectivity index (χ1n) is 20.1. The smallest absolute Gasteiger partial charge is 0.410 e. The summed E-state index contributed by atoms with van der Waals surface area (Å²) in [4.78, 5) is 87.1. The predicted molar refractivity (Wildman–Crippen MR) is 207 cm³/mol. The van der Waals surface area contributed by atoms with E-state index in [0.717, 1.165) is 19.3 Å². The molecule has 3 N–H and O–H groups in total. The van der Waals surface area contributed by atoms with E-state index in [-0.39, 0.29) is 62.4 Å². The quantitative estimate of drug-likeness (QED) is 0.276. The van der Waals surface area contributed by atoms with Gasteiger partial charge in [-0.25, -0.2) is 17.6 Å². The Balaban J connectivity index is 1.08. The molecule has 4 amide bonds. The molecule has 0 spiro atoms. The molecule has 0 radical (unpaired) electrons. The third kappa shape index (κ3) is 7.31. The molecule has 15 nitrogen and oxygen atoms in total. The van der Waals surface area contributed by atoms with Crippen LogP contribution in [0.15, 0.2) is 39.9 Å². The maximum Gasteiger partial charge on any atom is 0.410 e. The monoisotopic (exact) mass is 808 g/mol. The molecule has 0 bridgehead atoms. The van der Waals surface area contributed by atoms with Gasteiger partial charge in [0, 0.05) is 36.5 Å². The van der Waals surface area contributed by atoms with E-state index in [1.807, 2.05) is 30.9 Å². The zero-order valence-electron chi connectivity index (χ0n) is 32.1. The van der Waals surface area contributed by atoms with E-state index in [4.69, 9.17) is 4.74 Å². The van der Waals surface area contributed by atoms with Crippen molar-refractivity contribution in [2.24, 2.45) is 5.92 Å². The molecular formula is C40H49FN6O9S. The van der Waals surface area contributed by atoms with Crippen LogP contribution in [0.3, 0.4) is 0 Å². The fourth-order valence-electron chi connectivity index (χ4n) is 9.14. The topological polar surface area (TPSA) is 192 Å². The number of nitrogens with zero attached hydrogens (tertiary/aromatic N) is 3. The fourth-order valence-corrected chi connectivity index (χ4v) is 10.5. The zero-order chi connectivity index (χ0) is 40.4. The van der Waals surface area contributed by atoms with E-state index < -0.39 is 85.4 Å². The molecule has 4 aliphatic heterocycles. The summed E-state index contributed by atoms with van der Waals surface area (Å²) in [7, 11) is -3.94. The number of halogens is 1. The molecule has 8 rings (SSSR count). The highest BCUT2D eigenvalue weighted by atomic mass is 32.2. The minimum atomic E-state index is -3.94. The lowest BCUT2D eigenvalue weighted by molar-refractivity contribution is -0.140. The summed E-state index contributed by atoms with van der Waals surface area (Å²) >= 11 is 0. The van der Waals surface area contributed by atoms with Crippen molar-refractivity contribution < 1.29 is 36.7 Å². The second kappa shape index (κ2) is 14.9. The average molecular weight is 809 g/mol. The second-order valence-corrected chi connectivity index (χ2v) is 18.7. The first-order valence-corrected chi connectivity index (χ1v) is 21.7. The number of hydrogen-bond donors (Lipinski definition) is 3. The van der Waals surface area contributed by atoms with Gasteiger partial charge in [0.2, 0.25) is 21.8 Å². The average Bonchev–Trinajstić information content (AvgIpc) is 4.02. The molecule has 6 aliphatic rings. The number of amides is 4. The summed E-state index contributed by atoms with van der Waals surface area (Å²) in [5.41, 5.74) is -1.57. The lowest BCUT2D eigenvalue weighted by Crippen LogP contribution is -2.58. The molecule has 7 atom stereocenters. The van der Waals surface area contributed by atoms with Gasteiger partial charge in [0.25, 0.3) is 16.8 Å². The van der Waals surface area contributed by atoms with Crippen LogP contribution in [-0.2, 0) is 42.2 Å². The number of sulfonamides is 1. The molecule has 306 valence electrons. The van der Waals surface area contributed by atoms with Crippen LogP contribution in [0.4, 0.5) is 20.6 Å². The van der Waals surface area contributed by atoms with Crippen molar-refractivity contribution in [2.75, 3.05) is 16.8 Å². The Morgan fingerprint density at radius 1 is 0.965 bits per heavy atom. The standard InChI is InChI=1S/C40H49FN6O9S/c1-22-13-14-23(2)47(22)33-32(34(48)35(33)49)42-30-12-7-5-3-4-6-10-25-18-40(25,38(52)44-57(54,55)27-15-16-27)43-36(50)31-17-26(20-46(31)37(30)51)56-39(53)45-19-24-9-8-11-29(41)28(24)21-45/h6,8-11,22-23,25-27,30-31,42H,3-5,7,12-21H2,1-2H3,(H,43,50)(H,44,52)/b10-6-/t22?,23?,25-,26-,30+,31+,40-/m1/s1. The Bertz CT molecular complexity index is 2190. The van der Waals surface area contributed by atoms with Crippen LogP contribution >= 0.6 is 0 Å². The van der Waals surface area contributed by atoms with Crippen molar-refractivity contribution in [3.63, 3.8) is 0 Å². The number of carbonyl (C=O) groups excluding carboxylic acids is 4. The van der Waals surface area contributed by atoms with Crippen LogP contribution in [0.5, 0.6) is 0 Å².